The fraction of sp³-hybridized carbons (Fsp3) is 0.333. The number of rotatable bonds is 3. The molecule has 0 unspecified atom stereocenters. The van der Waals surface area contributed by atoms with Gasteiger partial charge >= 0.3 is 0 Å². The highest BCUT2D eigenvalue weighted by atomic mass is 79.9. The lowest BCUT2D eigenvalue weighted by Gasteiger charge is -2.05. The Kier molecular flexibility index (Phi) is 3.98. The van der Waals surface area contributed by atoms with Gasteiger partial charge in [0, 0.05) is 15.2 Å². The molecule has 2 nitrogen and oxygen atoms in total. The van der Waals surface area contributed by atoms with Crippen molar-refractivity contribution in [3.63, 3.8) is 0 Å². The molecule has 0 spiro atoms. The third kappa shape index (κ3) is 3.59. The Morgan fingerprint density at radius 1 is 1.43 bits per heavy atom. The van der Waals surface area contributed by atoms with E-state index in [9.17, 15) is 8.42 Å². The minimum absolute atomic E-state index is 0.0220. The van der Waals surface area contributed by atoms with E-state index in [-0.39, 0.29) is 5.75 Å². The van der Waals surface area contributed by atoms with Gasteiger partial charge in [-0.15, -0.1) is 0 Å². The lowest BCUT2D eigenvalue weighted by atomic mass is 10.1. The largest absolute Gasteiger partial charge is 0.232 e. The summed E-state index contributed by atoms with van der Waals surface area (Å²) in [7, 11) is 1.74. The van der Waals surface area contributed by atoms with Crippen LogP contribution in [0.4, 0.5) is 0 Å². The van der Waals surface area contributed by atoms with Crippen molar-refractivity contribution in [2.24, 2.45) is 0 Å². The second-order valence-corrected chi connectivity index (χ2v) is 6.77. The molecule has 0 fully saturated rings. The molecular weight excluding hydrogens is 288 g/mol. The molecule has 0 atom stereocenters. The topological polar surface area (TPSA) is 34.1 Å². The van der Waals surface area contributed by atoms with E-state index >= 15 is 0 Å². The van der Waals surface area contributed by atoms with Gasteiger partial charge in [-0.25, -0.2) is 8.42 Å². The normalized spacial score (nSPS) is 11.6. The Balaban J connectivity index is 2.83. The van der Waals surface area contributed by atoms with Gasteiger partial charge in [-0.3, -0.25) is 0 Å². The highest BCUT2D eigenvalue weighted by molar-refractivity contribution is 9.10. The van der Waals surface area contributed by atoms with Crippen LogP contribution in [-0.4, -0.2) is 14.2 Å². The Morgan fingerprint density at radius 3 is 2.64 bits per heavy atom. The maximum absolute atomic E-state index is 10.8. The van der Waals surface area contributed by atoms with Crippen LogP contribution in [0.3, 0.4) is 0 Å². The van der Waals surface area contributed by atoms with E-state index in [0.717, 1.165) is 15.6 Å². The predicted octanol–water partition coefficient (Wildman–Crippen LogP) is 2.87. The molecule has 0 radical (unpaired) electrons. The highest BCUT2D eigenvalue weighted by Gasteiger charge is 2.08. The minimum atomic E-state index is -3.40. The number of hydrogen-bond donors (Lipinski definition) is 0. The summed E-state index contributed by atoms with van der Waals surface area (Å²) in [5.74, 6) is -0.0220. The summed E-state index contributed by atoms with van der Waals surface area (Å²) in [6, 6.07) is 5.71. The minimum Gasteiger partial charge on any atom is -0.212 e. The van der Waals surface area contributed by atoms with Crippen LogP contribution in [0.25, 0.3) is 0 Å². The van der Waals surface area contributed by atoms with Crippen molar-refractivity contribution in [1.29, 1.82) is 0 Å². The van der Waals surface area contributed by atoms with E-state index < -0.39 is 9.05 Å². The van der Waals surface area contributed by atoms with Crippen molar-refractivity contribution in [3.05, 3.63) is 33.8 Å². The summed E-state index contributed by atoms with van der Waals surface area (Å²) < 4.78 is 22.5. The second kappa shape index (κ2) is 4.64. The zero-order valence-electron chi connectivity index (χ0n) is 7.63. The van der Waals surface area contributed by atoms with Crippen molar-refractivity contribution >= 4 is 35.7 Å². The molecule has 0 aliphatic carbocycles. The van der Waals surface area contributed by atoms with E-state index in [0.29, 0.717) is 6.42 Å². The maximum Gasteiger partial charge on any atom is 0.232 e. The molecular formula is C9H10BrClO2S. The molecule has 5 heteroatoms. The SMILES string of the molecule is Cc1c(Br)cccc1CCS(=O)(=O)Cl. The van der Waals surface area contributed by atoms with Gasteiger partial charge < -0.3 is 0 Å². The molecule has 0 N–H and O–H groups in total. The molecule has 1 aromatic rings. The van der Waals surface area contributed by atoms with Gasteiger partial charge in [-0.2, -0.15) is 0 Å². The Bertz CT molecular complexity index is 428. The molecule has 0 saturated heterocycles. The molecule has 0 aliphatic heterocycles. The molecule has 1 rings (SSSR count). The van der Waals surface area contributed by atoms with Crippen LogP contribution in [0, 0.1) is 6.92 Å². The summed E-state index contributed by atoms with van der Waals surface area (Å²) in [5.41, 5.74) is 2.07. The molecule has 0 aromatic heterocycles. The Labute approximate surface area is 96.8 Å². The van der Waals surface area contributed by atoms with Crippen LogP contribution in [0.2, 0.25) is 0 Å². The summed E-state index contributed by atoms with van der Waals surface area (Å²) in [4.78, 5) is 0. The first-order chi connectivity index (χ1) is 6.40. The zero-order valence-corrected chi connectivity index (χ0v) is 10.8. The monoisotopic (exact) mass is 296 g/mol. The lowest BCUT2D eigenvalue weighted by molar-refractivity contribution is 0.609. The smallest absolute Gasteiger partial charge is 0.212 e. The van der Waals surface area contributed by atoms with Crippen molar-refractivity contribution in [2.75, 3.05) is 5.75 Å². The van der Waals surface area contributed by atoms with E-state index in [1.807, 2.05) is 25.1 Å². The molecule has 0 aliphatic rings. The molecule has 1 aromatic carbocycles. The van der Waals surface area contributed by atoms with E-state index in [1.54, 1.807) is 0 Å². The van der Waals surface area contributed by atoms with Gasteiger partial charge in [0.2, 0.25) is 9.05 Å². The van der Waals surface area contributed by atoms with Crippen LogP contribution < -0.4 is 0 Å². The van der Waals surface area contributed by atoms with Crippen LogP contribution in [0.15, 0.2) is 22.7 Å². The average Bonchev–Trinajstić information content (AvgIpc) is 2.06. The fourth-order valence-electron chi connectivity index (χ4n) is 1.15. The third-order valence-electron chi connectivity index (χ3n) is 2.00. The van der Waals surface area contributed by atoms with E-state index in [4.69, 9.17) is 10.7 Å². The number of halogens is 2. The number of hydrogen-bond acceptors (Lipinski definition) is 2. The first-order valence-electron chi connectivity index (χ1n) is 4.06. The quantitative estimate of drug-likeness (QED) is 0.804. The third-order valence-corrected chi connectivity index (χ3v) is 4.01. The van der Waals surface area contributed by atoms with Gasteiger partial charge in [0.05, 0.1) is 5.75 Å². The Morgan fingerprint density at radius 2 is 2.07 bits per heavy atom. The first-order valence-corrected chi connectivity index (χ1v) is 7.33. The Hall–Kier alpha value is -0.0600. The average molecular weight is 298 g/mol. The van der Waals surface area contributed by atoms with Crippen molar-refractivity contribution in [1.82, 2.24) is 0 Å². The van der Waals surface area contributed by atoms with Crippen LogP contribution in [0.1, 0.15) is 11.1 Å². The molecule has 0 saturated carbocycles. The van der Waals surface area contributed by atoms with Crippen molar-refractivity contribution < 1.29 is 8.42 Å². The summed E-state index contributed by atoms with van der Waals surface area (Å²) in [6.07, 6.45) is 0.455. The molecule has 14 heavy (non-hydrogen) atoms. The van der Waals surface area contributed by atoms with Gasteiger partial charge in [0.15, 0.2) is 0 Å². The van der Waals surface area contributed by atoms with Crippen LogP contribution in [-0.2, 0) is 15.5 Å². The predicted molar refractivity (Wildman–Crippen MR) is 62.2 cm³/mol. The van der Waals surface area contributed by atoms with Crippen LogP contribution in [0.5, 0.6) is 0 Å². The maximum atomic E-state index is 10.8. The zero-order chi connectivity index (χ0) is 10.8. The first kappa shape index (κ1) is 12.0. The summed E-state index contributed by atoms with van der Waals surface area (Å²) in [5, 5.41) is 0. The fourth-order valence-corrected chi connectivity index (χ4v) is 2.26. The summed E-state index contributed by atoms with van der Waals surface area (Å²) >= 11 is 3.38. The van der Waals surface area contributed by atoms with E-state index in [1.165, 1.54) is 0 Å². The van der Waals surface area contributed by atoms with Crippen molar-refractivity contribution in [2.45, 2.75) is 13.3 Å². The molecule has 0 bridgehead atoms. The molecule has 78 valence electrons. The van der Waals surface area contributed by atoms with Gasteiger partial charge in [-0.05, 0) is 30.5 Å². The standard InChI is InChI=1S/C9H10BrClO2S/c1-7-8(3-2-4-9(7)10)5-6-14(11,12)13/h2-4H,5-6H2,1H3. The van der Waals surface area contributed by atoms with Gasteiger partial charge in [0.1, 0.15) is 0 Å². The second-order valence-electron chi connectivity index (χ2n) is 3.02. The van der Waals surface area contributed by atoms with Crippen molar-refractivity contribution in [3.8, 4) is 0 Å². The van der Waals surface area contributed by atoms with E-state index in [2.05, 4.69) is 15.9 Å². The highest BCUT2D eigenvalue weighted by Crippen LogP contribution is 2.20. The van der Waals surface area contributed by atoms with Gasteiger partial charge in [0.25, 0.3) is 0 Å². The van der Waals surface area contributed by atoms with Gasteiger partial charge in [-0.1, -0.05) is 28.1 Å². The lowest BCUT2D eigenvalue weighted by Crippen LogP contribution is -2.02. The molecule has 0 heterocycles. The van der Waals surface area contributed by atoms with Crippen LogP contribution >= 0.6 is 26.6 Å². The number of benzene rings is 1. The number of aryl methyl sites for hydroxylation is 1. The molecule has 0 amide bonds. The summed E-state index contributed by atoms with van der Waals surface area (Å²) in [6.45, 7) is 1.94.